The van der Waals surface area contributed by atoms with Crippen LogP contribution in [-0.2, 0) is 29.0 Å². The molecule has 3 rings (SSSR count). The van der Waals surface area contributed by atoms with E-state index >= 15 is 0 Å². The predicted molar refractivity (Wildman–Crippen MR) is 88.4 cm³/mol. The Balaban J connectivity index is 1.93. The molecule has 0 spiro atoms. The van der Waals surface area contributed by atoms with Crippen molar-refractivity contribution in [3.05, 3.63) is 35.5 Å². The lowest BCUT2D eigenvalue weighted by Gasteiger charge is -2.25. The highest BCUT2D eigenvalue weighted by Gasteiger charge is 2.26. The van der Waals surface area contributed by atoms with Gasteiger partial charge in [0.05, 0.1) is 0 Å². The maximum atomic E-state index is 11.8. The van der Waals surface area contributed by atoms with Gasteiger partial charge in [0.25, 0.3) is 0 Å². The van der Waals surface area contributed by atoms with Gasteiger partial charge in [-0.15, -0.1) is 0 Å². The molecule has 122 valence electrons. The van der Waals surface area contributed by atoms with Crippen molar-refractivity contribution in [2.45, 2.75) is 51.6 Å². The number of hydrogen-bond acceptors (Lipinski definition) is 2. The van der Waals surface area contributed by atoms with Gasteiger partial charge in [0.1, 0.15) is 6.54 Å². The van der Waals surface area contributed by atoms with E-state index in [-0.39, 0.29) is 18.5 Å². The Morgan fingerprint density at radius 3 is 2.87 bits per heavy atom. The standard InChI is InChI=1S/C18H22N2O3/c1-2-5-17(21)19-12-8-9-16-14(10-12)13-6-3-4-7-15(13)20(16)11-18(22)23/h3-4,6-7,12H,2,5,8-11H2,1H3,(H,19,21)(H,22,23). The summed E-state index contributed by atoms with van der Waals surface area (Å²) in [6, 6.07) is 8.08. The topological polar surface area (TPSA) is 71.3 Å². The average Bonchev–Trinajstić information content (AvgIpc) is 2.81. The Kier molecular flexibility index (Phi) is 4.37. The van der Waals surface area contributed by atoms with Crippen molar-refractivity contribution >= 4 is 22.8 Å². The molecular weight excluding hydrogens is 292 g/mol. The van der Waals surface area contributed by atoms with Gasteiger partial charge in [-0.2, -0.15) is 0 Å². The highest BCUT2D eigenvalue weighted by molar-refractivity contribution is 5.87. The average molecular weight is 314 g/mol. The van der Waals surface area contributed by atoms with Gasteiger partial charge in [0.2, 0.25) is 5.91 Å². The van der Waals surface area contributed by atoms with Crippen LogP contribution in [0.1, 0.15) is 37.4 Å². The maximum Gasteiger partial charge on any atom is 0.323 e. The molecule has 5 nitrogen and oxygen atoms in total. The molecule has 23 heavy (non-hydrogen) atoms. The molecule has 0 radical (unpaired) electrons. The number of carbonyl (C=O) groups excluding carboxylic acids is 1. The van der Waals surface area contributed by atoms with Crippen LogP contribution in [0.4, 0.5) is 0 Å². The Labute approximate surface area is 135 Å². The minimum absolute atomic E-state index is 0.0112. The van der Waals surface area contributed by atoms with Crippen molar-refractivity contribution in [3.63, 3.8) is 0 Å². The Morgan fingerprint density at radius 1 is 1.35 bits per heavy atom. The zero-order valence-corrected chi connectivity index (χ0v) is 13.3. The largest absolute Gasteiger partial charge is 0.480 e. The second-order valence-electron chi connectivity index (χ2n) is 6.18. The lowest BCUT2D eigenvalue weighted by Crippen LogP contribution is -2.38. The number of rotatable bonds is 5. The van der Waals surface area contributed by atoms with Crippen LogP contribution in [0.2, 0.25) is 0 Å². The summed E-state index contributed by atoms with van der Waals surface area (Å²) < 4.78 is 1.91. The fourth-order valence-corrected chi connectivity index (χ4v) is 3.57. The molecule has 1 atom stereocenters. The molecule has 0 saturated carbocycles. The third kappa shape index (κ3) is 3.09. The van der Waals surface area contributed by atoms with E-state index in [0.29, 0.717) is 6.42 Å². The Hall–Kier alpha value is -2.30. The maximum absolute atomic E-state index is 11.8. The molecule has 1 aliphatic rings. The molecule has 1 heterocycles. The molecule has 1 amide bonds. The zero-order chi connectivity index (χ0) is 16.4. The van der Waals surface area contributed by atoms with Crippen LogP contribution in [0.15, 0.2) is 24.3 Å². The number of fused-ring (bicyclic) bond motifs is 3. The first-order valence-electron chi connectivity index (χ1n) is 8.20. The number of nitrogens with zero attached hydrogens (tertiary/aromatic N) is 1. The Bertz CT molecular complexity index is 748. The van der Waals surface area contributed by atoms with E-state index in [1.54, 1.807) is 0 Å². The van der Waals surface area contributed by atoms with Gasteiger partial charge in [0.15, 0.2) is 0 Å². The first-order valence-corrected chi connectivity index (χ1v) is 8.20. The van der Waals surface area contributed by atoms with Gasteiger partial charge in [-0.25, -0.2) is 0 Å². The Morgan fingerprint density at radius 2 is 2.13 bits per heavy atom. The van der Waals surface area contributed by atoms with Crippen molar-refractivity contribution < 1.29 is 14.7 Å². The summed E-state index contributed by atoms with van der Waals surface area (Å²) in [5.41, 5.74) is 3.27. The van der Waals surface area contributed by atoms with Crippen molar-refractivity contribution in [2.75, 3.05) is 0 Å². The molecule has 2 aromatic rings. The van der Waals surface area contributed by atoms with Gasteiger partial charge < -0.3 is 15.0 Å². The molecule has 1 aromatic heterocycles. The van der Waals surface area contributed by atoms with Gasteiger partial charge in [0, 0.05) is 29.1 Å². The number of carboxylic acid groups (broad SMARTS) is 1. The number of aliphatic carboxylic acids is 1. The van der Waals surface area contributed by atoms with Crippen molar-refractivity contribution in [3.8, 4) is 0 Å². The smallest absolute Gasteiger partial charge is 0.323 e. The fourth-order valence-electron chi connectivity index (χ4n) is 3.57. The number of benzene rings is 1. The molecular formula is C18H22N2O3. The van der Waals surface area contributed by atoms with E-state index in [4.69, 9.17) is 0 Å². The molecule has 1 unspecified atom stereocenters. The summed E-state index contributed by atoms with van der Waals surface area (Å²) in [5.74, 6) is -0.720. The second kappa shape index (κ2) is 6.44. The van der Waals surface area contributed by atoms with Crippen LogP contribution >= 0.6 is 0 Å². The fraction of sp³-hybridized carbons (Fsp3) is 0.444. The summed E-state index contributed by atoms with van der Waals surface area (Å²) >= 11 is 0. The summed E-state index contributed by atoms with van der Waals surface area (Å²) in [4.78, 5) is 23.0. The first-order chi connectivity index (χ1) is 11.1. The van der Waals surface area contributed by atoms with E-state index in [0.717, 1.165) is 42.3 Å². The summed E-state index contributed by atoms with van der Waals surface area (Å²) in [5, 5.41) is 13.4. The monoisotopic (exact) mass is 314 g/mol. The number of aromatic nitrogens is 1. The van der Waals surface area contributed by atoms with E-state index in [9.17, 15) is 14.7 Å². The number of para-hydroxylation sites is 1. The quantitative estimate of drug-likeness (QED) is 0.890. The lowest BCUT2D eigenvalue weighted by molar-refractivity contribution is -0.137. The van der Waals surface area contributed by atoms with Crippen LogP contribution in [0, 0.1) is 0 Å². The molecule has 1 aromatic carbocycles. The molecule has 0 fully saturated rings. The normalized spacial score (nSPS) is 17.0. The molecule has 0 aliphatic heterocycles. The van der Waals surface area contributed by atoms with Gasteiger partial charge in [-0.1, -0.05) is 25.1 Å². The van der Waals surface area contributed by atoms with Crippen LogP contribution < -0.4 is 5.32 Å². The van der Waals surface area contributed by atoms with Crippen molar-refractivity contribution in [1.82, 2.24) is 9.88 Å². The predicted octanol–water partition coefficient (Wildman–Crippen LogP) is 2.50. The van der Waals surface area contributed by atoms with Crippen LogP contribution in [0.3, 0.4) is 0 Å². The minimum atomic E-state index is -0.827. The van der Waals surface area contributed by atoms with Gasteiger partial charge in [-0.05, 0) is 37.3 Å². The lowest BCUT2D eigenvalue weighted by atomic mass is 9.91. The van der Waals surface area contributed by atoms with E-state index < -0.39 is 5.97 Å². The van der Waals surface area contributed by atoms with Crippen LogP contribution in [-0.4, -0.2) is 27.6 Å². The number of carbonyl (C=O) groups is 2. The third-order valence-electron chi connectivity index (χ3n) is 4.51. The van der Waals surface area contributed by atoms with Crippen LogP contribution in [0.25, 0.3) is 10.9 Å². The third-order valence-corrected chi connectivity index (χ3v) is 4.51. The van der Waals surface area contributed by atoms with E-state index in [2.05, 4.69) is 5.32 Å². The molecule has 1 aliphatic carbocycles. The van der Waals surface area contributed by atoms with E-state index in [1.807, 2.05) is 35.8 Å². The molecule has 0 saturated heterocycles. The number of hydrogen-bond donors (Lipinski definition) is 2. The SMILES string of the molecule is CCCC(=O)NC1CCc2c(c3ccccc3n2CC(=O)O)C1. The van der Waals surface area contributed by atoms with E-state index in [1.165, 1.54) is 5.56 Å². The number of carboxylic acids is 1. The minimum Gasteiger partial charge on any atom is -0.480 e. The molecule has 0 bridgehead atoms. The molecule has 2 N–H and O–H groups in total. The number of nitrogens with one attached hydrogen (secondary N) is 1. The number of amides is 1. The van der Waals surface area contributed by atoms with Crippen LogP contribution in [0.5, 0.6) is 0 Å². The zero-order valence-electron chi connectivity index (χ0n) is 13.3. The van der Waals surface area contributed by atoms with Crippen molar-refractivity contribution in [2.24, 2.45) is 0 Å². The van der Waals surface area contributed by atoms with Crippen molar-refractivity contribution in [1.29, 1.82) is 0 Å². The molecule has 5 heteroatoms. The summed E-state index contributed by atoms with van der Waals surface area (Å²) in [6.07, 6.45) is 3.84. The summed E-state index contributed by atoms with van der Waals surface area (Å²) in [7, 11) is 0. The second-order valence-corrected chi connectivity index (χ2v) is 6.18. The summed E-state index contributed by atoms with van der Waals surface area (Å²) in [6.45, 7) is 1.99. The van der Waals surface area contributed by atoms with Gasteiger partial charge >= 0.3 is 5.97 Å². The highest BCUT2D eigenvalue weighted by atomic mass is 16.4. The highest BCUT2D eigenvalue weighted by Crippen LogP contribution is 2.32. The van der Waals surface area contributed by atoms with Gasteiger partial charge in [-0.3, -0.25) is 9.59 Å². The first kappa shape index (κ1) is 15.6.